The molecular formula is C8H17NO2. The van der Waals surface area contributed by atoms with Gasteiger partial charge >= 0.3 is 0 Å². The molecule has 1 N–H and O–H groups in total. The predicted molar refractivity (Wildman–Crippen MR) is 43.4 cm³/mol. The fourth-order valence-electron chi connectivity index (χ4n) is 0.967. The zero-order valence-electron chi connectivity index (χ0n) is 7.30. The van der Waals surface area contributed by atoms with Gasteiger partial charge in [0.25, 0.3) is 0 Å². The first kappa shape index (κ1) is 8.97. The monoisotopic (exact) mass is 159 g/mol. The van der Waals surface area contributed by atoms with Crippen LogP contribution in [0.4, 0.5) is 0 Å². The molecule has 0 aromatic carbocycles. The van der Waals surface area contributed by atoms with E-state index in [0.29, 0.717) is 6.04 Å². The van der Waals surface area contributed by atoms with E-state index in [-0.39, 0.29) is 6.29 Å². The second-order valence-corrected chi connectivity index (χ2v) is 2.89. The van der Waals surface area contributed by atoms with Gasteiger partial charge < -0.3 is 14.8 Å². The second-order valence-electron chi connectivity index (χ2n) is 2.89. The van der Waals surface area contributed by atoms with Gasteiger partial charge in [0.1, 0.15) is 0 Å². The standard InChI is InChI=1S/C8H17NO2/c1-3-7(2)9-6-8-10-4-5-11-8/h7-9H,3-6H2,1-2H3. The third-order valence-electron chi connectivity index (χ3n) is 1.94. The van der Waals surface area contributed by atoms with Crippen LogP contribution in [-0.2, 0) is 9.47 Å². The average molecular weight is 159 g/mol. The maximum atomic E-state index is 5.26. The molecule has 0 aromatic rings. The summed E-state index contributed by atoms with van der Waals surface area (Å²) in [5.41, 5.74) is 0. The Morgan fingerprint density at radius 3 is 2.64 bits per heavy atom. The summed E-state index contributed by atoms with van der Waals surface area (Å²) in [6, 6.07) is 0.558. The van der Waals surface area contributed by atoms with Crippen LogP contribution in [0.1, 0.15) is 20.3 Å². The fraction of sp³-hybridized carbons (Fsp3) is 1.00. The van der Waals surface area contributed by atoms with Crippen LogP contribution in [0.5, 0.6) is 0 Å². The van der Waals surface area contributed by atoms with Gasteiger partial charge in [-0.15, -0.1) is 0 Å². The molecule has 0 saturated carbocycles. The van der Waals surface area contributed by atoms with Gasteiger partial charge in [-0.3, -0.25) is 0 Å². The molecule has 1 rings (SSSR count). The number of ether oxygens (including phenoxy) is 2. The van der Waals surface area contributed by atoms with E-state index in [1.54, 1.807) is 0 Å². The molecule has 3 heteroatoms. The topological polar surface area (TPSA) is 30.5 Å². The lowest BCUT2D eigenvalue weighted by molar-refractivity contribution is -0.0403. The average Bonchev–Trinajstić information content (AvgIpc) is 2.52. The van der Waals surface area contributed by atoms with Gasteiger partial charge in [0.2, 0.25) is 0 Å². The highest BCUT2D eigenvalue weighted by molar-refractivity contribution is 4.61. The second kappa shape index (κ2) is 4.70. The third-order valence-corrected chi connectivity index (χ3v) is 1.94. The molecule has 1 unspecified atom stereocenters. The van der Waals surface area contributed by atoms with Crippen LogP contribution in [0.3, 0.4) is 0 Å². The van der Waals surface area contributed by atoms with Crippen molar-refractivity contribution in [3.8, 4) is 0 Å². The summed E-state index contributed by atoms with van der Waals surface area (Å²) in [6.45, 7) is 6.62. The zero-order valence-corrected chi connectivity index (χ0v) is 7.30. The Bertz CT molecular complexity index is 102. The van der Waals surface area contributed by atoms with Crippen molar-refractivity contribution in [2.45, 2.75) is 32.6 Å². The lowest BCUT2D eigenvalue weighted by Gasteiger charge is -2.14. The minimum Gasteiger partial charge on any atom is -0.349 e. The lowest BCUT2D eigenvalue weighted by atomic mass is 10.2. The Morgan fingerprint density at radius 2 is 2.09 bits per heavy atom. The Hall–Kier alpha value is -0.120. The Kier molecular flexibility index (Phi) is 3.83. The van der Waals surface area contributed by atoms with E-state index in [1.165, 1.54) is 0 Å². The Balaban J connectivity index is 2.01. The van der Waals surface area contributed by atoms with Gasteiger partial charge in [-0.05, 0) is 13.3 Å². The van der Waals surface area contributed by atoms with Crippen molar-refractivity contribution in [1.82, 2.24) is 5.32 Å². The lowest BCUT2D eigenvalue weighted by Crippen LogP contribution is -2.33. The molecule has 0 aromatic heterocycles. The first-order valence-electron chi connectivity index (χ1n) is 4.29. The highest BCUT2D eigenvalue weighted by atomic mass is 16.7. The molecule has 1 atom stereocenters. The minimum absolute atomic E-state index is 0.0102. The number of hydrogen-bond donors (Lipinski definition) is 1. The molecule has 3 nitrogen and oxygen atoms in total. The van der Waals surface area contributed by atoms with Gasteiger partial charge in [0, 0.05) is 12.6 Å². The molecule has 0 spiro atoms. The summed E-state index contributed by atoms with van der Waals surface area (Å²) < 4.78 is 10.5. The van der Waals surface area contributed by atoms with E-state index in [0.717, 1.165) is 26.2 Å². The summed E-state index contributed by atoms with van der Waals surface area (Å²) in [5, 5.41) is 3.32. The number of nitrogens with one attached hydrogen (secondary N) is 1. The van der Waals surface area contributed by atoms with Gasteiger partial charge in [0.15, 0.2) is 6.29 Å². The Morgan fingerprint density at radius 1 is 1.45 bits per heavy atom. The fourth-order valence-corrected chi connectivity index (χ4v) is 0.967. The first-order valence-corrected chi connectivity index (χ1v) is 4.29. The first-order chi connectivity index (χ1) is 5.33. The van der Waals surface area contributed by atoms with Crippen LogP contribution in [0, 0.1) is 0 Å². The van der Waals surface area contributed by atoms with Crippen molar-refractivity contribution in [3.63, 3.8) is 0 Å². The largest absolute Gasteiger partial charge is 0.349 e. The summed E-state index contributed by atoms with van der Waals surface area (Å²) in [5.74, 6) is 0. The summed E-state index contributed by atoms with van der Waals surface area (Å²) in [4.78, 5) is 0. The summed E-state index contributed by atoms with van der Waals surface area (Å²) in [7, 11) is 0. The molecule has 66 valence electrons. The van der Waals surface area contributed by atoms with E-state index in [2.05, 4.69) is 19.2 Å². The van der Waals surface area contributed by atoms with Crippen LogP contribution >= 0.6 is 0 Å². The quantitative estimate of drug-likeness (QED) is 0.656. The maximum Gasteiger partial charge on any atom is 0.170 e. The predicted octanol–water partition coefficient (Wildman–Crippen LogP) is 0.747. The molecule has 0 radical (unpaired) electrons. The molecule has 0 bridgehead atoms. The van der Waals surface area contributed by atoms with Crippen molar-refractivity contribution in [2.24, 2.45) is 0 Å². The summed E-state index contributed by atoms with van der Waals surface area (Å²) >= 11 is 0. The van der Waals surface area contributed by atoms with Gasteiger partial charge in [0.05, 0.1) is 13.2 Å². The molecule has 1 fully saturated rings. The van der Waals surface area contributed by atoms with E-state index >= 15 is 0 Å². The molecule has 1 saturated heterocycles. The molecule has 11 heavy (non-hydrogen) atoms. The van der Waals surface area contributed by atoms with Gasteiger partial charge in [-0.1, -0.05) is 6.92 Å². The third kappa shape index (κ3) is 3.18. The van der Waals surface area contributed by atoms with E-state index < -0.39 is 0 Å². The zero-order chi connectivity index (χ0) is 8.10. The van der Waals surface area contributed by atoms with Crippen LogP contribution in [0.2, 0.25) is 0 Å². The van der Waals surface area contributed by atoms with E-state index in [4.69, 9.17) is 9.47 Å². The maximum absolute atomic E-state index is 5.26. The highest BCUT2D eigenvalue weighted by Crippen LogP contribution is 2.02. The molecule has 1 heterocycles. The molecular weight excluding hydrogens is 142 g/mol. The van der Waals surface area contributed by atoms with E-state index in [9.17, 15) is 0 Å². The number of rotatable bonds is 4. The van der Waals surface area contributed by atoms with Crippen molar-refractivity contribution < 1.29 is 9.47 Å². The smallest absolute Gasteiger partial charge is 0.170 e. The van der Waals surface area contributed by atoms with Crippen molar-refractivity contribution >= 4 is 0 Å². The van der Waals surface area contributed by atoms with Crippen molar-refractivity contribution in [1.29, 1.82) is 0 Å². The van der Waals surface area contributed by atoms with Crippen LogP contribution < -0.4 is 5.32 Å². The SMILES string of the molecule is CCC(C)NCC1OCCO1. The molecule has 1 aliphatic heterocycles. The Labute approximate surface area is 68.1 Å². The number of hydrogen-bond acceptors (Lipinski definition) is 3. The van der Waals surface area contributed by atoms with Crippen molar-refractivity contribution in [3.05, 3.63) is 0 Å². The summed E-state index contributed by atoms with van der Waals surface area (Å²) in [6.07, 6.45) is 1.14. The van der Waals surface area contributed by atoms with Crippen molar-refractivity contribution in [2.75, 3.05) is 19.8 Å². The molecule has 0 aliphatic carbocycles. The van der Waals surface area contributed by atoms with Crippen LogP contribution in [0.15, 0.2) is 0 Å². The van der Waals surface area contributed by atoms with Gasteiger partial charge in [-0.25, -0.2) is 0 Å². The molecule has 0 amide bonds. The minimum atomic E-state index is -0.0102. The van der Waals surface area contributed by atoms with E-state index in [1.807, 2.05) is 0 Å². The van der Waals surface area contributed by atoms with Crippen LogP contribution in [0.25, 0.3) is 0 Å². The van der Waals surface area contributed by atoms with Crippen LogP contribution in [-0.4, -0.2) is 32.1 Å². The normalized spacial score (nSPS) is 22.4. The molecule has 1 aliphatic rings. The highest BCUT2D eigenvalue weighted by Gasteiger charge is 2.15. The van der Waals surface area contributed by atoms with Gasteiger partial charge in [-0.2, -0.15) is 0 Å².